The summed E-state index contributed by atoms with van der Waals surface area (Å²) < 4.78 is 65.2. The number of rotatable bonds is 7. The molecule has 0 radical (unpaired) electrons. The number of piperazine rings is 1. The predicted octanol–water partition coefficient (Wildman–Crippen LogP) is 6.10. The molecule has 0 spiro atoms. The molecule has 0 N–H and O–H groups in total. The van der Waals surface area contributed by atoms with E-state index >= 15 is 0 Å². The highest BCUT2D eigenvalue weighted by Crippen LogP contribution is 2.41. The zero-order chi connectivity index (χ0) is 35.1. The number of fused-ring (bicyclic) bond motifs is 2. The third-order valence-electron chi connectivity index (χ3n) is 10.4. The topological polar surface area (TPSA) is 88.8 Å². The van der Waals surface area contributed by atoms with Gasteiger partial charge in [-0.3, -0.25) is 9.69 Å². The third-order valence-corrected chi connectivity index (χ3v) is 10.4. The molecule has 13 heteroatoms. The molecule has 0 saturated carbocycles. The Morgan fingerprint density at radius 2 is 1.92 bits per heavy atom. The number of likely N-dealkylation sites (tertiary alicyclic amines) is 1. The Labute approximate surface area is 283 Å². The van der Waals surface area contributed by atoms with Crippen molar-refractivity contribution in [3.8, 4) is 12.1 Å². The van der Waals surface area contributed by atoms with Crippen molar-refractivity contribution in [2.45, 2.75) is 76.3 Å². The number of nitrogens with zero attached hydrogens (tertiary/aromatic N) is 7. The summed E-state index contributed by atoms with van der Waals surface area (Å²) in [6, 6.07) is 10.7. The van der Waals surface area contributed by atoms with Crippen LogP contribution >= 0.6 is 0 Å². The quantitative estimate of drug-likeness (QED) is 0.219. The smallest absolute Gasteiger partial charge is 0.408 e. The van der Waals surface area contributed by atoms with Gasteiger partial charge in [0.2, 0.25) is 0 Å². The van der Waals surface area contributed by atoms with E-state index in [1.165, 1.54) is 9.80 Å². The minimum atomic E-state index is -4.54. The molecule has 2 saturated heterocycles. The van der Waals surface area contributed by atoms with E-state index in [9.17, 15) is 27.6 Å². The summed E-state index contributed by atoms with van der Waals surface area (Å²) in [5, 5.41) is 11.2. The molecule has 4 heterocycles. The van der Waals surface area contributed by atoms with Gasteiger partial charge in [0.1, 0.15) is 18.5 Å². The number of alkyl halides is 3. The number of anilines is 2. The van der Waals surface area contributed by atoms with Crippen molar-refractivity contribution in [2.75, 3.05) is 49.6 Å². The number of likely N-dealkylation sites (N-methyl/N-ethyl adjacent to an activating group) is 1. The minimum Gasteiger partial charge on any atom is -0.461 e. The van der Waals surface area contributed by atoms with Crippen LogP contribution in [0.4, 0.5) is 29.1 Å². The highest BCUT2D eigenvalue weighted by atomic mass is 19.4. The number of aromatic nitrogens is 2. The van der Waals surface area contributed by atoms with Crippen molar-refractivity contribution in [3.63, 3.8) is 0 Å². The normalized spacial score (nSPS) is 23.3. The van der Waals surface area contributed by atoms with Crippen LogP contribution in [0.25, 0.3) is 10.8 Å². The lowest BCUT2D eigenvalue weighted by Gasteiger charge is -2.41. The van der Waals surface area contributed by atoms with Crippen LogP contribution in [-0.2, 0) is 17.8 Å². The maximum absolute atomic E-state index is 15.0. The zero-order valence-corrected chi connectivity index (χ0v) is 28.1. The molecule has 49 heavy (non-hydrogen) atoms. The van der Waals surface area contributed by atoms with E-state index in [0.717, 1.165) is 35.7 Å². The summed E-state index contributed by atoms with van der Waals surface area (Å²) in [5.74, 6) is -1.58. The molecule has 9 nitrogen and oxygen atoms in total. The number of nitriles is 1. The molecule has 1 unspecified atom stereocenters. The summed E-state index contributed by atoms with van der Waals surface area (Å²) in [6.07, 6.45) is -2.88. The van der Waals surface area contributed by atoms with Crippen molar-refractivity contribution < 1.29 is 27.1 Å². The van der Waals surface area contributed by atoms with E-state index in [1.54, 1.807) is 12.1 Å². The van der Waals surface area contributed by atoms with Crippen LogP contribution in [0.2, 0.25) is 0 Å². The predicted molar refractivity (Wildman–Crippen MR) is 179 cm³/mol. The molecule has 0 aliphatic carbocycles. The summed E-state index contributed by atoms with van der Waals surface area (Å²) >= 11 is 0. The van der Waals surface area contributed by atoms with Crippen LogP contribution in [0.15, 0.2) is 48.8 Å². The summed E-state index contributed by atoms with van der Waals surface area (Å²) in [6.45, 7) is 8.64. The molecule has 3 aliphatic rings. The summed E-state index contributed by atoms with van der Waals surface area (Å²) in [7, 11) is 2.03. The van der Waals surface area contributed by atoms with Crippen molar-refractivity contribution in [3.05, 3.63) is 65.6 Å². The lowest BCUT2D eigenvalue weighted by Crippen LogP contribution is -2.55. The van der Waals surface area contributed by atoms with Gasteiger partial charge in [-0.25, -0.2) is 4.39 Å². The maximum Gasteiger partial charge on any atom is 0.408 e. The zero-order valence-electron chi connectivity index (χ0n) is 28.1. The first-order valence-electron chi connectivity index (χ1n) is 16.6. The Morgan fingerprint density at radius 3 is 2.59 bits per heavy atom. The molecule has 1 aromatic heterocycles. The molecule has 3 aliphatic heterocycles. The second-order valence-electron chi connectivity index (χ2n) is 13.6. The average molecular weight is 680 g/mol. The lowest BCUT2D eigenvalue weighted by molar-refractivity contribution is -0.150. The van der Waals surface area contributed by atoms with Gasteiger partial charge in [-0.1, -0.05) is 36.9 Å². The first-order chi connectivity index (χ1) is 23.3. The third kappa shape index (κ3) is 6.75. The number of aryl methyl sites for hydroxylation is 1. The Hall–Kier alpha value is -4.44. The Kier molecular flexibility index (Phi) is 9.46. The van der Waals surface area contributed by atoms with Gasteiger partial charge in [0, 0.05) is 36.3 Å². The number of hydrogen-bond donors (Lipinski definition) is 0. The fourth-order valence-corrected chi connectivity index (χ4v) is 7.57. The molecule has 260 valence electrons. The van der Waals surface area contributed by atoms with Crippen LogP contribution in [0, 0.1) is 18.3 Å². The van der Waals surface area contributed by atoms with Gasteiger partial charge < -0.3 is 19.4 Å². The standard InChI is InChI=1S/C36H41F4N7O2/c1-23-8-5-9-25-10-6-11-29(31(23)25)47-21-28-27(12-13-30(47)36(38,39)40)32(43-34(42-28)49-22-35(3)15-7-17-44(35)4)45-18-19-46(33(48)24(2)37)26(20-45)14-16-41/h5-6,8-11,26,30H,2,7,12-15,17-22H2,1,3-4H3/t26-,30+,35?/m0/s1. The Balaban J connectivity index is 1.45. The van der Waals surface area contributed by atoms with Crippen LogP contribution in [0.3, 0.4) is 0 Å². The van der Waals surface area contributed by atoms with Crippen LogP contribution in [0.5, 0.6) is 6.01 Å². The fourth-order valence-electron chi connectivity index (χ4n) is 7.57. The van der Waals surface area contributed by atoms with Crippen molar-refractivity contribution in [2.24, 2.45) is 0 Å². The highest BCUT2D eigenvalue weighted by molar-refractivity contribution is 5.97. The Morgan fingerprint density at radius 1 is 1.16 bits per heavy atom. The van der Waals surface area contributed by atoms with Crippen molar-refractivity contribution in [1.29, 1.82) is 5.26 Å². The summed E-state index contributed by atoms with van der Waals surface area (Å²) in [4.78, 5) is 29.0. The average Bonchev–Trinajstić information content (AvgIpc) is 3.27. The van der Waals surface area contributed by atoms with Gasteiger partial charge in [0.05, 0.1) is 36.3 Å². The van der Waals surface area contributed by atoms with E-state index in [4.69, 9.17) is 14.7 Å². The fraction of sp³-hybridized carbons (Fsp3) is 0.500. The van der Waals surface area contributed by atoms with Crippen LogP contribution in [0.1, 0.15) is 49.4 Å². The summed E-state index contributed by atoms with van der Waals surface area (Å²) in [5.41, 5.74) is 2.07. The molecule has 0 bridgehead atoms. The molecular formula is C36H41F4N7O2. The number of amides is 1. The number of halogens is 4. The first kappa shape index (κ1) is 34.4. The number of hydrogen-bond acceptors (Lipinski definition) is 8. The number of carbonyl (C=O) groups is 1. The van der Waals surface area contributed by atoms with E-state index in [0.29, 0.717) is 22.8 Å². The molecule has 2 aromatic carbocycles. The molecule has 6 rings (SSSR count). The largest absolute Gasteiger partial charge is 0.461 e. The van der Waals surface area contributed by atoms with Gasteiger partial charge >= 0.3 is 12.2 Å². The number of benzene rings is 2. The van der Waals surface area contributed by atoms with Gasteiger partial charge in [-0.15, -0.1) is 0 Å². The van der Waals surface area contributed by atoms with E-state index in [-0.39, 0.29) is 63.6 Å². The monoisotopic (exact) mass is 679 g/mol. The van der Waals surface area contributed by atoms with Gasteiger partial charge in [-0.2, -0.15) is 28.4 Å². The molecule has 1 amide bonds. The first-order valence-corrected chi connectivity index (χ1v) is 16.6. The van der Waals surface area contributed by atoms with Crippen molar-refractivity contribution >= 4 is 28.2 Å². The Bertz CT molecular complexity index is 1790. The van der Waals surface area contributed by atoms with E-state index in [1.807, 2.05) is 43.1 Å². The molecule has 3 atom stereocenters. The maximum atomic E-state index is 15.0. The molecule has 2 fully saturated rings. The lowest BCUT2D eigenvalue weighted by atomic mass is 10.0. The van der Waals surface area contributed by atoms with Gasteiger partial charge in [0.15, 0.2) is 5.83 Å². The van der Waals surface area contributed by atoms with E-state index in [2.05, 4.69) is 24.5 Å². The molecule has 3 aromatic rings. The second kappa shape index (κ2) is 13.5. The van der Waals surface area contributed by atoms with Gasteiger partial charge in [-0.05, 0) is 70.1 Å². The highest BCUT2D eigenvalue weighted by Gasteiger charge is 2.46. The minimum absolute atomic E-state index is 0.0408. The van der Waals surface area contributed by atoms with E-state index < -0.39 is 30.0 Å². The van der Waals surface area contributed by atoms with Crippen LogP contribution < -0.4 is 14.5 Å². The SMILES string of the molecule is C=C(F)C(=O)N1CCN(c2nc(OCC3(C)CCCN3C)nc3c2CC[C@H](C(F)(F)F)N(c2cccc4cccc(C)c24)C3)C[C@@H]1CC#N. The van der Waals surface area contributed by atoms with Crippen LogP contribution in [-0.4, -0.2) is 89.3 Å². The molecular weight excluding hydrogens is 638 g/mol. The number of ether oxygens (including phenoxy) is 1. The van der Waals surface area contributed by atoms with Gasteiger partial charge in [0.25, 0.3) is 5.91 Å². The number of carbonyl (C=O) groups excluding carboxylic acids is 1. The second-order valence-corrected chi connectivity index (χ2v) is 13.6. The van der Waals surface area contributed by atoms with Crippen molar-refractivity contribution in [1.82, 2.24) is 19.8 Å².